The number of alkyl halides is 4. The molecule has 24 heavy (non-hydrogen) atoms. The summed E-state index contributed by atoms with van der Waals surface area (Å²) in [5.41, 5.74) is 0.863. The Morgan fingerprint density at radius 2 is 0.958 bits per heavy atom. The predicted octanol–water partition coefficient (Wildman–Crippen LogP) is 5.26. The maximum Gasteiger partial charge on any atom is 0.229 e. The highest BCUT2D eigenvalue weighted by Crippen LogP contribution is 2.29. The van der Waals surface area contributed by atoms with Gasteiger partial charge in [-0.3, -0.25) is 0 Å². The van der Waals surface area contributed by atoms with Gasteiger partial charge in [0.05, 0.1) is 0 Å². The van der Waals surface area contributed by atoms with Crippen molar-refractivity contribution in [2.24, 2.45) is 0 Å². The minimum Gasteiger partial charge on any atom is -0.214 e. The van der Waals surface area contributed by atoms with Crippen molar-refractivity contribution in [1.29, 1.82) is 0 Å². The van der Waals surface area contributed by atoms with Gasteiger partial charge in [-0.1, -0.05) is 41.4 Å². The van der Waals surface area contributed by atoms with Crippen molar-refractivity contribution in [2.45, 2.75) is 0 Å². The molecule has 0 nitrogen and oxygen atoms in total. The van der Waals surface area contributed by atoms with Gasteiger partial charge in [0.15, 0.2) is 0 Å². The molecular formula is C16H18F6P2. The quantitative estimate of drug-likeness (QED) is 0.498. The van der Waals surface area contributed by atoms with Crippen molar-refractivity contribution in [1.82, 2.24) is 0 Å². The van der Waals surface area contributed by atoms with Crippen molar-refractivity contribution in [3.8, 4) is 11.1 Å². The van der Waals surface area contributed by atoms with Crippen molar-refractivity contribution in [2.75, 3.05) is 27.2 Å². The average Bonchev–Trinajstić information content (AvgIpc) is 2.56. The first-order valence-electron chi connectivity index (χ1n) is 6.69. The molecule has 0 fully saturated rings. The number of rotatable bonds is 3. The SMILES string of the molecule is CPc1cccc(F)c1-c1c(F)cccc1PC.FCF.FCF. The highest BCUT2D eigenvalue weighted by Gasteiger charge is 2.16. The van der Waals surface area contributed by atoms with Gasteiger partial charge in [0.25, 0.3) is 0 Å². The van der Waals surface area contributed by atoms with Gasteiger partial charge in [0.2, 0.25) is 13.9 Å². The summed E-state index contributed by atoms with van der Waals surface area (Å²) in [7, 11) is 0.883. The molecule has 2 aromatic rings. The van der Waals surface area contributed by atoms with Crippen LogP contribution in [0.1, 0.15) is 0 Å². The second-order valence-corrected chi connectivity index (χ2v) is 6.10. The van der Waals surface area contributed by atoms with Crippen LogP contribution in [-0.2, 0) is 0 Å². The lowest BCUT2D eigenvalue weighted by atomic mass is 10.0. The molecule has 0 aliphatic rings. The fourth-order valence-electron chi connectivity index (χ4n) is 1.97. The molecule has 0 aliphatic heterocycles. The molecule has 0 radical (unpaired) electrons. The van der Waals surface area contributed by atoms with Crippen LogP contribution in [-0.4, -0.2) is 27.2 Å². The molecule has 2 aromatic carbocycles. The van der Waals surface area contributed by atoms with Crippen molar-refractivity contribution >= 4 is 27.8 Å². The van der Waals surface area contributed by atoms with Gasteiger partial charge < -0.3 is 0 Å². The molecule has 2 rings (SSSR count). The van der Waals surface area contributed by atoms with Gasteiger partial charge in [-0.05, 0) is 36.1 Å². The number of benzene rings is 2. The second kappa shape index (κ2) is 13.2. The molecule has 0 saturated carbocycles. The zero-order valence-electron chi connectivity index (χ0n) is 13.1. The Morgan fingerprint density at radius 1 is 0.667 bits per heavy atom. The largest absolute Gasteiger partial charge is 0.229 e. The normalized spacial score (nSPS) is 10.5. The second-order valence-electron chi connectivity index (χ2n) is 4.03. The third kappa shape index (κ3) is 6.78. The Bertz CT molecular complexity index is 554. The molecule has 2 atom stereocenters. The average molecular weight is 386 g/mol. The third-order valence-electron chi connectivity index (χ3n) is 2.82. The molecule has 0 aromatic heterocycles. The Hall–Kier alpha value is -1.12. The van der Waals surface area contributed by atoms with Crippen molar-refractivity contribution < 1.29 is 26.3 Å². The highest BCUT2D eigenvalue weighted by atomic mass is 31.1. The summed E-state index contributed by atoms with van der Waals surface area (Å²) in [5.74, 6) is -0.682. The van der Waals surface area contributed by atoms with E-state index in [2.05, 4.69) is 0 Å². The van der Waals surface area contributed by atoms with Gasteiger partial charge >= 0.3 is 0 Å². The van der Waals surface area contributed by atoms with E-state index < -0.39 is 13.9 Å². The van der Waals surface area contributed by atoms with E-state index in [0.29, 0.717) is 28.3 Å². The van der Waals surface area contributed by atoms with Gasteiger partial charge in [-0.2, -0.15) is 0 Å². The standard InChI is InChI=1S/C14H14F2P2.2CH2F2/c1-17-11-7-3-5-9(15)13(11)14-10(16)6-4-8-12(14)18-2;2*2-1-3/h3-8,17-18H,1-2H3;2*1H2. The lowest BCUT2D eigenvalue weighted by Crippen LogP contribution is -2.11. The van der Waals surface area contributed by atoms with Crippen LogP contribution in [0.3, 0.4) is 0 Å². The molecule has 0 amide bonds. The summed E-state index contributed by atoms with van der Waals surface area (Å²) in [6.07, 6.45) is 0. The van der Waals surface area contributed by atoms with E-state index in [1.54, 1.807) is 12.1 Å². The summed E-state index contributed by atoms with van der Waals surface area (Å²) in [6, 6.07) is 9.89. The van der Waals surface area contributed by atoms with E-state index in [1.165, 1.54) is 12.1 Å². The molecule has 0 saturated heterocycles. The molecule has 134 valence electrons. The first-order valence-corrected chi connectivity index (χ1v) is 9.69. The van der Waals surface area contributed by atoms with Crippen LogP contribution >= 0.6 is 17.2 Å². The lowest BCUT2D eigenvalue weighted by Gasteiger charge is -2.14. The maximum absolute atomic E-state index is 14.1. The summed E-state index contributed by atoms with van der Waals surface area (Å²) in [6.45, 7) is 0.458. The minimum absolute atomic E-state index is 0.341. The van der Waals surface area contributed by atoms with Gasteiger partial charge in [0.1, 0.15) is 11.6 Å². The van der Waals surface area contributed by atoms with E-state index in [-0.39, 0.29) is 11.6 Å². The fourth-order valence-corrected chi connectivity index (χ4v) is 3.49. The topological polar surface area (TPSA) is 0 Å². The summed E-state index contributed by atoms with van der Waals surface area (Å²) in [4.78, 5) is 0. The maximum atomic E-state index is 14.1. The third-order valence-corrected chi connectivity index (χ3v) is 4.73. The molecule has 0 spiro atoms. The molecule has 0 N–H and O–H groups in total. The highest BCUT2D eigenvalue weighted by molar-refractivity contribution is 7.47. The van der Waals surface area contributed by atoms with Gasteiger partial charge in [0, 0.05) is 11.1 Å². The van der Waals surface area contributed by atoms with Crippen LogP contribution in [0.2, 0.25) is 0 Å². The van der Waals surface area contributed by atoms with Crippen LogP contribution in [0.5, 0.6) is 0 Å². The van der Waals surface area contributed by atoms with Crippen LogP contribution in [0, 0.1) is 11.6 Å². The Balaban J connectivity index is 0.000000772. The first-order chi connectivity index (χ1) is 11.5. The molecule has 0 heterocycles. The van der Waals surface area contributed by atoms with E-state index in [9.17, 15) is 26.3 Å². The first kappa shape index (κ1) is 22.9. The smallest absolute Gasteiger partial charge is 0.214 e. The van der Waals surface area contributed by atoms with Crippen LogP contribution in [0.15, 0.2) is 36.4 Å². The molecule has 8 heteroatoms. The number of halogens is 6. The van der Waals surface area contributed by atoms with Gasteiger partial charge in [-0.15, -0.1) is 0 Å². The summed E-state index contributed by atoms with van der Waals surface area (Å²) < 4.78 is 66.6. The van der Waals surface area contributed by atoms with E-state index in [1.807, 2.05) is 25.5 Å². The predicted molar refractivity (Wildman–Crippen MR) is 93.7 cm³/mol. The number of hydrogen-bond acceptors (Lipinski definition) is 0. The fraction of sp³-hybridized carbons (Fsp3) is 0.250. The Kier molecular flexibility index (Phi) is 12.6. The molecule has 0 aliphatic carbocycles. The van der Waals surface area contributed by atoms with Gasteiger partial charge in [-0.25, -0.2) is 26.3 Å². The summed E-state index contributed by atoms with van der Waals surface area (Å²) >= 11 is 0. The van der Waals surface area contributed by atoms with Crippen molar-refractivity contribution in [3.05, 3.63) is 48.0 Å². The Morgan fingerprint density at radius 3 is 1.21 bits per heavy atom. The molecular weight excluding hydrogens is 368 g/mol. The summed E-state index contributed by atoms with van der Waals surface area (Å²) in [5, 5.41) is 1.75. The molecule has 0 bridgehead atoms. The van der Waals surface area contributed by atoms with Crippen molar-refractivity contribution in [3.63, 3.8) is 0 Å². The zero-order valence-corrected chi connectivity index (χ0v) is 15.1. The minimum atomic E-state index is -1.75. The number of hydrogen-bond donors (Lipinski definition) is 0. The Labute approximate surface area is 141 Å². The molecule has 2 unspecified atom stereocenters. The zero-order chi connectivity index (χ0) is 18.5. The van der Waals surface area contributed by atoms with Crippen LogP contribution < -0.4 is 10.6 Å². The van der Waals surface area contributed by atoms with E-state index in [4.69, 9.17) is 0 Å². The monoisotopic (exact) mass is 386 g/mol. The van der Waals surface area contributed by atoms with E-state index >= 15 is 0 Å². The van der Waals surface area contributed by atoms with E-state index in [0.717, 1.165) is 10.6 Å². The van der Waals surface area contributed by atoms with Crippen LogP contribution in [0.25, 0.3) is 11.1 Å². The van der Waals surface area contributed by atoms with Crippen LogP contribution in [0.4, 0.5) is 26.3 Å². The lowest BCUT2D eigenvalue weighted by molar-refractivity contribution is 0.295.